The van der Waals surface area contributed by atoms with Gasteiger partial charge >= 0.3 is 0 Å². The Kier molecular flexibility index (Phi) is 7.03. The molecule has 2 N–H and O–H groups in total. The van der Waals surface area contributed by atoms with E-state index in [4.69, 9.17) is 0 Å². The minimum absolute atomic E-state index is 0.206. The predicted molar refractivity (Wildman–Crippen MR) is 94.5 cm³/mol. The van der Waals surface area contributed by atoms with Crippen molar-refractivity contribution in [2.24, 2.45) is 4.99 Å². The zero-order chi connectivity index (χ0) is 17.4. The summed E-state index contributed by atoms with van der Waals surface area (Å²) in [4.78, 5) is 18.2. The summed E-state index contributed by atoms with van der Waals surface area (Å²) in [5.41, 5.74) is 1.07. The second-order valence-electron chi connectivity index (χ2n) is 5.96. The van der Waals surface area contributed by atoms with E-state index in [0.717, 1.165) is 44.0 Å². The normalized spacial score (nSPS) is 17.9. The van der Waals surface area contributed by atoms with Crippen LogP contribution in [0.4, 0.5) is 4.39 Å². The van der Waals surface area contributed by atoms with E-state index >= 15 is 0 Å². The molecule has 1 amide bonds. The Morgan fingerprint density at radius 2 is 2.08 bits per heavy atom. The van der Waals surface area contributed by atoms with Crippen LogP contribution >= 0.6 is 0 Å². The summed E-state index contributed by atoms with van der Waals surface area (Å²) >= 11 is 0. The van der Waals surface area contributed by atoms with Gasteiger partial charge in [0.1, 0.15) is 5.82 Å². The molecule has 1 unspecified atom stereocenters. The van der Waals surface area contributed by atoms with Crippen LogP contribution in [0.3, 0.4) is 0 Å². The lowest BCUT2D eigenvalue weighted by Gasteiger charge is -2.18. The summed E-state index contributed by atoms with van der Waals surface area (Å²) in [6, 6.07) is 6.76. The van der Waals surface area contributed by atoms with E-state index in [-0.39, 0.29) is 17.8 Å². The monoisotopic (exact) mass is 334 g/mol. The van der Waals surface area contributed by atoms with Crippen molar-refractivity contribution in [2.75, 3.05) is 26.2 Å². The van der Waals surface area contributed by atoms with Crippen LogP contribution < -0.4 is 10.6 Å². The molecular weight excluding hydrogens is 307 g/mol. The molecule has 1 aliphatic heterocycles. The molecule has 0 radical (unpaired) electrons. The summed E-state index contributed by atoms with van der Waals surface area (Å²) in [6.07, 6.45) is 2.26. The van der Waals surface area contributed by atoms with Gasteiger partial charge in [-0.2, -0.15) is 0 Å². The van der Waals surface area contributed by atoms with E-state index < -0.39 is 0 Å². The Morgan fingerprint density at radius 3 is 2.75 bits per heavy atom. The minimum atomic E-state index is -0.218. The lowest BCUT2D eigenvalue weighted by Crippen LogP contribution is -2.45. The maximum Gasteiger partial charge on any atom is 0.222 e. The zero-order valence-electron chi connectivity index (χ0n) is 14.5. The Hall–Kier alpha value is -2.11. The summed E-state index contributed by atoms with van der Waals surface area (Å²) < 4.78 is 12.9. The van der Waals surface area contributed by atoms with Crippen molar-refractivity contribution in [3.05, 3.63) is 35.6 Å². The van der Waals surface area contributed by atoms with Crippen LogP contribution in [0.15, 0.2) is 29.3 Å². The number of nitrogens with one attached hydrogen (secondary N) is 2. The molecule has 24 heavy (non-hydrogen) atoms. The average molecular weight is 334 g/mol. The van der Waals surface area contributed by atoms with Gasteiger partial charge in [0.05, 0.1) is 0 Å². The van der Waals surface area contributed by atoms with Crippen LogP contribution in [0.5, 0.6) is 0 Å². The number of nitrogens with zero attached hydrogens (tertiary/aromatic N) is 2. The molecular formula is C18H27FN4O. The van der Waals surface area contributed by atoms with E-state index in [2.05, 4.69) is 15.6 Å². The van der Waals surface area contributed by atoms with Gasteiger partial charge in [-0.05, 0) is 37.5 Å². The van der Waals surface area contributed by atoms with Crippen molar-refractivity contribution < 1.29 is 9.18 Å². The zero-order valence-corrected chi connectivity index (χ0v) is 14.5. The molecule has 0 bridgehead atoms. The number of aliphatic imine (C=N–C) groups is 1. The van der Waals surface area contributed by atoms with E-state index in [0.29, 0.717) is 13.0 Å². The Balaban J connectivity index is 1.84. The Labute approximate surface area is 143 Å². The van der Waals surface area contributed by atoms with Crippen LogP contribution in [-0.4, -0.2) is 49.0 Å². The fourth-order valence-electron chi connectivity index (χ4n) is 2.79. The molecule has 0 aromatic heterocycles. The second kappa shape index (κ2) is 9.25. The van der Waals surface area contributed by atoms with Gasteiger partial charge in [-0.25, -0.2) is 4.39 Å². The highest BCUT2D eigenvalue weighted by atomic mass is 19.1. The van der Waals surface area contributed by atoms with Crippen LogP contribution in [0, 0.1) is 5.82 Å². The van der Waals surface area contributed by atoms with Crippen LogP contribution in [-0.2, 0) is 11.2 Å². The van der Waals surface area contributed by atoms with Gasteiger partial charge in [0.2, 0.25) is 5.91 Å². The molecule has 2 rings (SSSR count). The molecule has 1 saturated heterocycles. The highest BCUT2D eigenvalue weighted by Crippen LogP contribution is 2.10. The van der Waals surface area contributed by atoms with Gasteiger partial charge < -0.3 is 15.5 Å². The number of amides is 1. The lowest BCUT2D eigenvalue weighted by atomic mass is 10.1. The van der Waals surface area contributed by atoms with Crippen molar-refractivity contribution in [1.29, 1.82) is 0 Å². The lowest BCUT2D eigenvalue weighted by molar-refractivity contribution is -0.129. The van der Waals surface area contributed by atoms with Gasteiger partial charge in [-0.15, -0.1) is 0 Å². The quantitative estimate of drug-likeness (QED) is 0.617. The largest absolute Gasteiger partial charge is 0.357 e. The van der Waals surface area contributed by atoms with Crippen molar-refractivity contribution in [3.63, 3.8) is 0 Å². The molecule has 0 aliphatic carbocycles. The number of guanidine groups is 1. The number of halogens is 1. The number of hydrogen-bond donors (Lipinski definition) is 2. The first-order valence-corrected chi connectivity index (χ1v) is 8.69. The number of likely N-dealkylation sites (tertiary alicyclic amines) is 1. The predicted octanol–water partition coefficient (Wildman–Crippen LogP) is 1.93. The number of rotatable bonds is 6. The first-order valence-electron chi connectivity index (χ1n) is 8.69. The third-order valence-corrected chi connectivity index (χ3v) is 4.11. The van der Waals surface area contributed by atoms with Gasteiger partial charge in [0, 0.05) is 38.6 Å². The summed E-state index contributed by atoms with van der Waals surface area (Å²) in [5.74, 6) is 0.762. The standard InChI is InChI=1S/C18H27FN4O/c1-3-17(24)23-12-10-16(13-23)22-18(20-4-2)21-11-9-14-5-7-15(19)8-6-14/h5-8,16H,3-4,9-13H2,1-2H3,(H2,20,21,22). The number of carbonyl (C=O) groups is 1. The molecule has 1 atom stereocenters. The average Bonchev–Trinajstić information content (AvgIpc) is 3.04. The molecule has 0 saturated carbocycles. The molecule has 5 nitrogen and oxygen atoms in total. The number of benzene rings is 1. The molecule has 0 spiro atoms. The maximum atomic E-state index is 12.9. The fourth-order valence-corrected chi connectivity index (χ4v) is 2.79. The van der Waals surface area contributed by atoms with Crippen LogP contribution in [0.25, 0.3) is 0 Å². The molecule has 1 heterocycles. The van der Waals surface area contributed by atoms with E-state index in [1.54, 1.807) is 12.1 Å². The number of hydrogen-bond acceptors (Lipinski definition) is 2. The minimum Gasteiger partial charge on any atom is -0.357 e. The molecule has 132 valence electrons. The SMILES string of the molecule is CCNC(=NCCc1ccc(F)cc1)NC1CCN(C(=O)CC)C1. The molecule has 1 fully saturated rings. The van der Waals surface area contributed by atoms with E-state index in [1.165, 1.54) is 12.1 Å². The highest BCUT2D eigenvalue weighted by Gasteiger charge is 2.25. The summed E-state index contributed by atoms with van der Waals surface area (Å²) in [6.45, 7) is 6.87. The molecule has 6 heteroatoms. The number of carbonyl (C=O) groups excluding carboxylic acids is 1. The van der Waals surface area contributed by atoms with Gasteiger partial charge in [-0.1, -0.05) is 19.1 Å². The summed E-state index contributed by atoms with van der Waals surface area (Å²) in [7, 11) is 0. The first-order chi connectivity index (χ1) is 11.6. The fraction of sp³-hybridized carbons (Fsp3) is 0.556. The summed E-state index contributed by atoms with van der Waals surface area (Å²) in [5, 5.41) is 6.64. The Morgan fingerprint density at radius 1 is 1.33 bits per heavy atom. The highest BCUT2D eigenvalue weighted by molar-refractivity contribution is 5.80. The van der Waals surface area contributed by atoms with Crippen molar-refractivity contribution in [1.82, 2.24) is 15.5 Å². The van der Waals surface area contributed by atoms with Crippen LogP contribution in [0.2, 0.25) is 0 Å². The van der Waals surface area contributed by atoms with Gasteiger partial charge in [0.25, 0.3) is 0 Å². The molecule has 1 aromatic carbocycles. The third-order valence-electron chi connectivity index (χ3n) is 4.11. The first kappa shape index (κ1) is 18.2. The van der Waals surface area contributed by atoms with E-state index in [1.807, 2.05) is 18.7 Å². The van der Waals surface area contributed by atoms with Crippen molar-refractivity contribution in [3.8, 4) is 0 Å². The van der Waals surface area contributed by atoms with Crippen molar-refractivity contribution in [2.45, 2.75) is 39.2 Å². The Bertz CT molecular complexity index is 559. The van der Waals surface area contributed by atoms with Gasteiger partial charge in [-0.3, -0.25) is 9.79 Å². The van der Waals surface area contributed by atoms with Crippen LogP contribution in [0.1, 0.15) is 32.3 Å². The van der Waals surface area contributed by atoms with E-state index in [9.17, 15) is 9.18 Å². The van der Waals surface area contributed by atoms with Crippen molar-refractivity contribution >= 4 is 11.9 Å². The molecule has 1 aliphatic rings. The maximum absolute atomic E-state index is 12.9. The topological polar surface area (TPSA) is 56.7 Å². The smallest absolute Gasteiger partial charge is 0.222 e. The second-order valence-corrected chi connectivity index (χ2v) is 5.96. The van der Waals surface area contributed by atoms with Gasteiger partial charge in [0.15, 0.2) is 5.96 Å². The molecule has 1 aromatic rings. The third kappa shape index (κ3) is 5.51.